The van der Waals surface area contributed by atoms with E-state index in [1.807, 2.05) is 0 Å². The van der Waals surface area contributed by atoms with Gasteiger partial charge >= 0.3 is 74.2 Å². The van der Waals surface area contributed by atoms with E-state index in [1.54, 1.807) is 0 Å². The average Bonchev–Trinajstić information content (AvgIpc) is 1.90. The van der Waals surface area contributed by atoms with Crippen molar-refractivity contribution in [3.05, 3.63) is 35.9 Å². The molecule has 0 aliphatic rings. The monoisotopic (exact) mass is 131 g/mol. The van der Waals surface area contributed by atoms with Crippen LogP contribution in [0, 0.1) is 0 Å². The Labute approximate surface area is 73.6 Å². The molecule has 1 heteroatoms. The van der Waals surface area contributed by atoms with Crippen LogP contribution in [0.4, 0.5) is 0 Å². The van der Waals surface area contributed by atoms with Crippen molar-refractivity contribution in [3.8, 4) is 0 Å². The zero-order valence-electron chi connectivity index (χ0n) is 4.80. The minimum atomic E-state index is 1.26. The van der Waals surface area contributed by atoms with Crippen molar-refractivity contribution in [2.45, 2.75) is 2.52 Å². The van der Waals surface area contributed by atoms with Gasteiger partial charge in [-0.1, -0.05) is 0 Å². The van der Waals surface area contributed by atoms with Crippen LogP contribution in [0.1, 0.15) is 5.56 Å². The summed E-state index contributed by atoms with van der Waals surface area (Å²) in [6, 6.07) is 10.6. The Morgan fingerprint density at radius 3 is 2.12 bits per heavy atom. The van der Waals surface area contributed by atoms with Crippen molar-refractivity contribution >= 4 is 35.8 Å². The Hall–Kier alpha value is 0.480. The maximum atomic E-state index is 2.17. The van der Waals surface area contributed by atoms with Crippen molar-refractivity contribution in [2.75, 3.05) is 0 Å². The molecule has 0 N–H and O–H groups in total. The molecule has 0 radical (unpaired) electrons. The molecule has 0 amide bonds. The predicted molar refractivity (Wildman–Crippen MR) is 35.9 cm³/mol. The van der Waals surface area contributed by atoms with Crippen LogP contribution in [0.5, 0.6) is 0 Å². The number of hydrogen-bond acceptors (Lipinski definition) is 0. The summed E-state index contributed by atoms with van der Waals surface area (Å²) in [6.45, 7) is 0. The summed E-state index contributed by atoms with van der Waals surface area (Å²) in [5.41, 5.74) is 1.47. The van der Waals surface area contributed by atoms with Gasteiger partial charge in [0.25, 0.3) is 0 Å². The molecule has 0 nitrogen and oxygen atoms in total. The molecule has 1 aromatic rings. The summed E-state index contributed by atoms with van der Waals surface area (Å²) in [4.78, 5) is 0. The van der Waals surface area contributed by atoms with Crippen LogP contribution in [-0.4, -0.2) is 35.8 Å². The van der Waals surface area contributed by atoms with Crippen LogP contribution in [0.15, 0.2) is 30.3 Å². The first-order valence-corrected chi connectivity index (χ1v) is 4.33. The first-order valence-electron chi connectivity index (χ1n) is 2.76. The second-order valence-electron chi connectivity index (χ2n) is 1.74. The first kappa shape index (κ1) is 6.60. The Bertz CT molecular complexity index is 146. The van der Waals surface area contributed by atoms with Gasteiger partial charge < -0.3 is 0 Å². The van der Waals surface area contributed by atoms with Crippen molar-refractivity contribution in [2.24, 2.45) is 0 Å². The summed E-state index contributed by atoms with van der Waals surface area (Å²) < 4.78 is 1.26. The van der Waals surface area contributed by atoms with Gasteiger partial charge in [0.05, 0.1) is 0 Å². The Kier molecular flexibility index (Phi) is 2.88. The SMILES string of the molecule is [Ca+][CH2]c1ccccc1. The van der Waals surface area contributed by atoms with Gasteiger partial charge in [-0.15, -0.1) is 0 Å². The molecular formula is C7H7Ca+. The average molecular weight is 131 g/mol. The predicted octanol–water partition coefficient (Wildman–Crippen LogP) is 1.36. The maximum absolute atomic E-state index is 2.17. The molecular weight excluding hydrogens is 124 g/mol. The Balaban J connectivity index is 2.83. The zero-order valence-corrected chi connectivity index (χ0v) is 7.01. The summed E-state index contributed by atoms with van der Waals surface area (Å²) in [5.74, 6) is 0. The van der Waals surface area contributed by atoms with Gasteiger partial charge in [-0.25, -0.2) is 0 Å². The molecule has 0 aromatic heterocycles. The quantitative estimate of drug-likeness (QED) is 0.505. The van der Waals surface area contributed by atoms with E-state index in [9.17, 15) is 0 Å². The van der Waals surface area contributed by atoms with Crippen molar-refractivity contribution < 1.29 is 0 Å². The number of hydrogen-bond donors (Lipinski definition) is 0. The van der Waals surface area contributed by atoms with Crippen LogP contribution in [0.25, 0.3) is 0 Å². The molecule has 0 fully saturated rings. The topological polar surface area (TPSA) is 0 Å². The second-order valence-corrected chi connectivity index (χ2v) is 2.52. The molecule has 1 aromatic carbocycles. The van der Waals surface area contributed by atoms with E-state index in [1.165, 1.54) is 43.9 Å². The van der Waals surface area contributed by atoms with E-state index in [0.29, 0.717) is 0 Å². The third kappa shape index (κ3) is 1.77. The molecule has 36 valence electrons. The van der Waals surface area contributed by atoms with Gasteiger partial charge in [0, 0.05) is 0 Å². The molecule has 0 saturated heterocycles. The molecule has 0 aliphatic carbocycles. The Morgan fingerprint density at radius 2 is 1.75 bits per heavy atom. The van der Waals surface area contributed by atoms with Crippen molar-refractivity contribution in [1.29, 1.82) is 0 Å². The molecule has 0 saturated carbocycles. The zero-order chi connectivity index (χ0) is 5.82. The summed E-state index contributed by atoms with van der Waals surface area (Å²) in [5, 5.41) is 0. The molecule has 0 heterocycles. The fourth-order valence-corrected chi connectivity index (χ4v) is 1.17. The third-order valence-corrected chi connectivity index (χ3v) is 2.03. The van der Waals surface area contributed by atoms with Gasteiger partial charge in [-0.2, -0.15) is 0 Å². The normalized spacial score (nSPS) is 9.25. The number of benzene rings is 1. The fraction of sp³-hybridized carbons (Fsp3) is 0.143. The van der Waals surface area contributed by atoms with E-state index in [2.05, 4.69) is 30.3 Å². The van der Waals surface area contributed by atoms with Gasteiger partial charge in [-0.3, -0.25) is 0 Å². The summed E-state index contributed by atoms with van der Waals surface area (Å²) in [7, 11) is 0. The summed E-state index contributed by atoms with van der Waals surface area (Å²) in [6.07, 6.45) is 0. The molecule has 1 rings (SSSR count). The third-order valence-electron chi connectivity index (χ3n) is 1.13. The van der Waals surface area contributed by atoms with Crippen LogP contribution >= 0.6 is 0 Å². The van der Waals surface area contributed by atoms with Crippen LogP contribution in [-0.2, 0) is 2.52 Å². The molecule has 0 spiro atoms. The van der Waals surface area contributed by atoms with Crippen LogP contribution in [0.3, 0.4) is 0 Å². The van der Waals surface area contributed by atoms with E-state index >= 15 is 0 Å². The molecule has 0 atom stereocenters. The van der Waals surface area contributed by atoms with Gasteiger partial charge in [-0.05, 0) is 0 Å². The van der Waals surface area contributed by atoms with E-state index in [0.717, 1.165) is 0 Å². The van der Waals surface area contributed by atoms with Crippen molar-refractivity contribution in [3.63, 3.8) is 0 Å². The number of rotatable bonds is 1. The van der Waals surface area contributed by atoms with E-state index < -0.39 is 0 Å². The minimum absolute atomic E-state index is 1.26. The van der Waals surface area contributed by atoms with E-state index in [4.69, 9.17) is 0 Å². The molecule has 8 heavy (non-hydrogen) atoms. The molecule has 0 aliphatic heterocycles. The van der Waals surface area contributed by atoms with Gasteiger partial charge in [0.2, 0.25) is 0 Å². The standard InChI is InChI=1S/C7H7.Ca/c1-7-5-3-2-4-6-7;/h2-6H,1H2;/q;+1. The second kappa shape index (κ2) is 3.49. The van der Waals surface area contributed by atoms with Crippen LogP contribution in [0.2, 0.25) is 0 Å². The Morgan fingerprint density at radius 1 is 1.12 bits per heavy atom. The summed E-state index contributed by atoms with van der Waals surface area (Å²) >= 11 is 1.37. The van der Waals surface area contributed by atoms with Gasteiger partial charge in [0.15, 0.2) is 0 Å². The van der Waals surface area contributed by atoms with Crippen LogP contribution < -0.4 is 0 Å². The van der Waals surface area contributed by atoms with E-state index in [-0.39, 0.29) is 0 Å². The van der Waals surface area contributed by atoms with Gasteiger partial charge in [0.1, 0.15) is 0 Å². The molecule has 0 bridgehead atoms. The molecule has 0 unspecified atom stereocenters. The first-order chi connectivity index (χ1) is 3.93. The van der Waals surface area contributed by atoms with Crippen molar-refractivity contribution in [1.82, 2.24) is 0 Å². The fourth-order valence-electron chi connectivity index (χ4n) is 0.645.